The van der Waals surface area contributed by atoms with Gasteiger partial charge in [0.1, 0.15) is 5.75 Å². The summed E-state index contributed by atoms with van der Waals surface area (Å²) in [4.78, 5) is 4.12. The Hall–Kier alpha value is -1.87. The molecule has 0 saturated carbocycles. The summed E-state index contributed by atoms with van der Waals surface area (Å²) < 4.78 is 5.67. The average molecular weight is 229 g/mol. The Bertz CT molecular complexity index is 497. The summed E-state index contributed by atoms with van der Waals surface area (Å²) in [6.07, 6.45) is 2.62. The van der Waals surface area contributed by atoms with Gasteiger partial charge in [-0.1, -0.05) is 19.1 Å². The largest absolute Gasteiger partial charge is 0.439 e. The maximum Gasteiger partial charge on any atom is 0.224 e. The lowest BCUT2D eigenvalue weighted by Crippen LogP contribution is -1.94. The number of aliphatic hydroxyl groups is 1. The van der Waals surface area contributed by atoms with Crippen LogP contribution < -0.4 is 4.74 Å². The van der Waals surface area contributed by atoms with E-state index in [1.165, 1.54) is 5.56 Å². The molecule has 0 fully saturated rings. The molecule has 1 N–H and O–H groups in total. The van der Waals surface area contributed by atoms with Crippen LogP contribution in [0.4, 0.5) is 0 Å². The molecular weight excluding hydrogens is 214 g/mol. The van der Waals surface area contributed by atoms with Crippen LogP contribution in [0.2, 0.25) is 0 Å². The highest BCUT2D eigenvalue weighted by molar-refractivity contribution is 5.34. The number of aromatic nitrogens is 1. The van der Waals surface area contributed by atoms with Gasteiger partial charge in [-0.25, -0.2) is 4.98 Å². The average Bonchev–Trinajstić information content (AvgIpc) is 2.39. The van der Waals surface area contributed by atoms with E-state index in [0.717, 1.165) is 12.2 Å². The second-order valence-electron chi connectivity index (χ2n) is 3.73. The van der Waals surface area contributed by atoms with Crippen molar-refractivity contribution in [2.45, 2.75) is 20.0 Å². The van der Waals surface area contributed by atoms with Crippen molar-refractivity contribution >= 4 is 0 Å². The summed E-state index contributed by atoms with van der Waals surface area (Å²) >= 11 is 0. The maximum absolute atomic E-state index is 9.18. The van der Waals surface area contributed by atoms with Crippen LogP contribution in [-0.4, -0.2) is 10.1 Å². The van der Waals surface area contributed by atoms with Gasteiger partial charge in [0, 0.05) is 11.8 Å². The van der Waals surface area contributed by atoms with Crippen LogP contribution >= 0.6 is 0 Å². The van der Waals surface area contributed by atoms with E-state index in [0.29, 0.717) is 11.4 Å². The Balaban J connectivity index is 2.24. The smallest absolute Gasteiger partial charge is 0.224 e. The van der Waals surface area contributed by atoms with Crippen LogP contribution in [0.15, 0.2) is 42.6 Å². The summed E-state index contributed by atoms with van der Waals surface area (Å²) in [6.45, 7) is 2.02. The fourth-order valence-electron chi connectivity index (χ4n) is 1.58. The third-order valence-electron chi connectivity index (χ3n) is 2.54. The first-order chi connectivity index (χ1) is 8.33. The Morgan fingerprint density at radius 1 is 1.24 bits per heavy atom. The van der Waals surface area contributed by atoms with Crippen LogP contribution in [0.25, 0.3) is 0 Å². The standard InChI is InChI=1S/C14H15NO2/c1-2-11-5-3-7-13(9-11)17-14-12(10-16)6-4-8-15-14/h3-9,16H,2,10H2,1H3. The number of aliphatic hydroxyl groups excluding tert-OH is 1. The molecule has 2 rings (SSSR count). The van der Waals surface area contributed by atoms with E-state index in [1.54, 1.807) is 18.3 Å². The highest BCUT2D eigenvalue weighted by Gasteiger charge is 2.04. The summed E-state index contributed by atoms with van der Waals surface area (Å²) in [5.74, 6) is 1.21. The molecule has 1 heterocycles. The van der Waals surface area contributed by atoms with Crippen LogP contribution in [-0.2, 0) is 13.0 Å². The van der Waals surface area contributed by atoms with Crippen molar-refractivity contribution in [2.75, 3.05) is 0 Å². The van der Waals surface area contributed by atoms with Crippen molar-refractivity contribution in [3.63, 3.8) is 0 Å². The molecule has 17 heavy (non-hydrogen) atoms. The normalized spacial score (nSPS) is 10.2. The van der Waals surface area contributed by atoms with Crippen LogP contribution in [0.1, 0.15) is 18.1 Å². The zero-order valence-electron chi connectivity index (χ0n) is 9.76. The lowest BCUT2D eigenvalue weighted by atomic mass is 10.2. The number of aryl methyl sites for hydroxylation is 1. The number of hydrogen-bond donors (Lipinski definition) is 1. The summed E-state index contributed by atoms with van der Waals surface area (Å²) in [5, 5.41) is 9.18. The van der Waals surface area contributed by atoms with E-state index in [4.69, 9.17) is 4.74 Å². The molecule has 1 aromatic carbocycles. The first kappa shape index (κ1) is 11.6. The van der Waals surface area contributed by atoms with Crippen LogP contribution in [0, 0.1) is 0 Å². The van der Waals surface area contributed by atoms with Gasteiger partial charge >= 0.3 is 0 Å². The van der Waals surface area contributed by atoms with Crippen molar-refractivity contribution in [2.24, 2.45) is 0 Å². The second-order valence-corrected chi connectivity index (χ2v) is 3.73. The Morgan fingerprint density at radius 2 is 2.12 bits per heavy atom. The first-order valence-electron chi connectivity index (χ1n) is 5.65. The van der Waals surface area contributed by atoms with Gasteiger partial charge in [0.2, 0.25) is 5.88 Å². The van der Waals surface area contributed by atoms with E-state index in [9.17, 15) is 5.11 Å². The molecule has 0 bridgehead atoms. The minimum Gasteiger partial charge on any atom is -0.439 e. The Morgan fingerprint density at radius 3 is 2.88 bits per heavy atom. The number of hydrogen-bond acceptors (Lipinski definition) is 3. The molecule has 0 unspecified atom stereocenters. The minimum atomic E-state index is -0.0728. The van der Waals surface area contributed by atoms with Gasteiger partial charge in [0.05, 0.1) is 6.61 Å². The molecule has 0 radical (unpaired) electrons. The van der Waals surface area contributed by atoms with Crippen molar-refractivity contribution in [3.05, 3.63) is 53.7 Å². The summed E-state index contributed by atoms with van der Waals surface area (Å²) in [6, 6.07) is 11.5. The van der Waals surface area contributed by atoms with Gasteiger partial charge in [-0.2, -0.15) is 0 Å². The quantitative estimate of drug-likeness (QED) is 0.876. The molecule has 1 aromatic heterocycles. The van der Waals surface area contributed by atoms with Crippen molar-refractivity contribution in [1.29, 1.82) is 0 Å². The molecule has 0 spiro atoms. The number of pyridine rings is 1. The predicted octanol–water partition coefficient (Wildman–Crippen LogP) is 2.93. The van der Waals surface area contributed by atoms with Gasteiger partial charge in [-0.3, -0.25) is 0 Å². The first-order valence-corrected chi connectivity index (χ1v) is 5.65. The van der Waals surface area contributed by atoms with Crippen molar-refractivity contribution < 1.29 is 9.84 Å². The molecule has 0 saturated heterocycles. The van der Waals surface area contributed by atoms with E-state index >= 15 is 0 Å². The number of ether oxygens (including phenoxy) is 1. The number of nitrogens with zero attached hydrogens (tertiary/aromatic N) is 1. The highest BCUT2D eigenvalue weighted by atomic mass is 16.5. The van der Waals surface area contributed by atoms with E-state index in [2.05, 4.69) is 18.0 Å². The van der Waals surface area contributed by atoms with Gasteiger partial charge in [-0.15, -0.1) is 0 Å². The topological polar surface area (TPSA) is 42.4 Å². The Labute approximate surface area is 101 Å². The zero-order chi connectivity index (χ0) is 12.1. The summed E-state index contributed by atoms with van der Waals surface area (Å²) in [5.41, 5.74) is 1.90. The van der Waals surface area contributed by atoms with Crippen molar-refractivity contribution in [1.82, 2.24) is 4.98 Å². The van der Waals surface area contributed by atoms with E-state index in [-0.39, 0.29) is 6.61 Å². The Kier molecular flexibility index (Phi) is 3.73. The molecule has 0 aliphatic carbocycles. The fourth-order valence-corrected chi connectivity index (χ4v) is 1.58. The lowest BCUT2D eigenvalue weighted by Gasteiger charge is -2.08. The number of rotatable bonds is 4. The highest BCUT2D eigenvalue weighted by Crippen LogP contribution is 2.23. The predicted molar refractivity (Wildman–Crippen MR) is 66.1 cm³/mol. The molecule has 88 valence electrons. The third kappa shape index (κ3) is 2.82. The van der Waals surface area contributed by atoms with E-state index in [1.807, 2.05) is 18.2 Å². The third-order valence-corrected chi connectivity index (χ3v) is 2.54. The molecule has 0 atom stereocenters. The van der Waals surface area contributed by atoms with Gasteiger partial charge in [-0.05, 0) is 36.2 Å². The van der Waals surface area contributed by atoms with Gasteiger partial charge in [0.25, 0.3) is 0 Å². The molecule has 0 amide bonds. The lowest BCUT2D eigenvalue weighted by molar-refractivity contribution is 0.275. The molecule has 0 aliphatic heterocycles. The molecule has 0 aliphatic rings. The van der Waals surface area contributed by atoms with Crippen LogP contribution in [0.3, 0.4) is 0 Å². The fraction of sp³-hybridized carbons (Fsp3) is 0.214. The molecule has 2 aromatic rings. The molecule has 3 heteroatoms. The molecular formula is C14H15NO2. The minimum absolute atomic E-state index is 0.0728. The van der Waals surface area contributed by atoms with Crippen LogP contribution in [0.5, 0.6) is 11.6 Å². The zero-order valence-corrected chi connectivity index (χ0v) is 9.76. The van der Waals surface area contributed by atoms with Gasteiger partial charge < -0.3 is 9.84 Å². The maximum atomic E-state index is 9.18. The summed E-state index contributed by atoms with van der Waals surface area (Å²) in [7, 11) is 0. The second kappa shape index (κ2) is 5.46. The van der Waals surface area contributed by atoms with Gasteiger partial charge in [0.15, 0.2) is 0 Å². The van der Waals surface area contributed by atoms with Crippen molar-refractivity contribution in [3.8, 4) is 11.6 Å². The SMILES string of the molecule is CCc1cccc(Oc2ncccc2CO)c1. The van der Waals surface area contributed by atoms with E-state index < -0.39 is 0 Å². The number of benzene rings is 1. The monoisotopic (exact) mass is 229 g/mol. The molecule has 3 nitrogen and oxygen atoms in total.